The SMILES string of the molecule is COc1ccc2c(Cl)c(C3=N/C(=C\c4ccc(Cl)cc4Cl)C(=O)O3)sc2c1Cl. The lowest BCUT2D eigenvalue weighted by atomic mass is 10.2. The zero-order valence-electron chi connectivity index (χ0n) is 14.1. The normalized spacial score (nSPS) is 15.2. The third-order valence-electron chi connectivity index (χ3n) is 3.99. The van der Waals surface area contributed by atoms with Gasteiger partial charge >= 0.3 is 5.97 Å². The Hall–Kier alpha value is -1.76. The standard InChI is InChI=1S/C19H9Cl4NO3S/c1-26-13-5-4-10-14(22)17(28-16(10)15(13)23)18-24-12(19(25)27-18)6-8-2-3-9(20)7-11(8)21/h2-7H,1H3/b12-6-. The number of halogens is 4. The molecule has 1 aromatic heterocycles. The van der Waals surface area contributed by atoms with E-state index in [9.17, 15) is 4.79 Å². The van der Waals surface area contributed by atoms with E-state index in [0.29, 0.717) is 36.3 Å². The highest BCUT2D eigenvalue weighted by Gasteiger charge is 2.29. The van der Waals surface area contributed by atoms with Crippen LogP contribution < -0.4 is 4.74 Å². The van der Waals surface area contributed by atoms with Crippen LogP contribution in [0, 0.1) is 0 Å². The topological polar surface area (TPSA) is 47.9 Å². The smallest absolute Gasteiger partial charge is 0.363 e. The monoisotopic (exact) mass is 471 g/mol. The van der Waals surface area contributed by atoms with Gasteiger partial charge in [-0.1, -0.05) is 52.5 Å². The van der Waals surface area contributed by atoms with Crippen LogP contribution in [0.25, 0.3) is 16.2 Å². The number of hydrogen-bond donors (Lipinski definition) is 0. The van der Waals surface area contributed by atoms with Crippen LogP contribution in [0.2, 0.25) is 20.1 Å². The molecule has 0 radical (unpaired) electrons. The Kier molecular flexibility index (Phi) is 5.29. The van der Waals surface area contributed by atoms with Crippen molar-refractivity contribution in [3.63, 3.8) is 0 Å². The van der Waals surface area contributed by atoms with Crippen LogP contribution in [0.15, 0.2) is 41.0 Å². The quantitative estimate of drug-likeness (QED) is 0.308. The maximum Gasteiger partial charge on any atom is 0.363 e. The van der Waals surface area contributed by atoms with Crippen molar-refractivity contribution in [2.45, 2.75) is 0 Å². The second kappa shape index (κ2) is 7.58. The molecule has 0 saturated heterocycles. The largest absolute Gasteiger partial charge is 0.495 e. The van der Waals surface area contributed by atoms with Gasteiger partial charge in [0.2, 0.25) is 5.90 Å². The van der Waals surface area contributed by atoms with Crippen molar-refractivity contribution < 1.29 is 14.3 Å². The summed E-state index contributed by atoms with van der Waals surface area (Å²) in [6.45, 7) is 0. The number of fused-ring (bicyclic) bond motifs is 1. The molecule has 0 atom stereocenters. The Bertz CT molecular complexity index is 1200. The first kappa shape index (κ1) is 19.6. The summed E-state index contributed by atoms with van der Waals surface area (Å²) in [5.74, 6) is 0.0442. The zero-order valence-corrected chi connectivity index (χ0v) is 17.9. The molecule has 2 aromatic carbocycles. The molecule has 1 aliphatic rings. The predicted octanol–water partition coefficient (Wildman–Crippen LogP) is 6.87. The fourth-order valence-corrected chi connectivity index (χ4v) is 4.93. The number of cyclic esters (lactones) is 1. The van der Waals surface area contributed by atoms with E-state index in [0.717, 1.165) is 10.1 Å². The number of carbonyl (C=O) groups excluding carboxylic acids is 1. The summed E-state index contributed by atoms with van der Waals surface area (Å²) < 4.78 is 11.3. The highest BCUT2D eigenvalue weighted by atomic mass is 35.5. The fourth-order valence-electron chi connectivity index (χ4n) is 2.65. The molecule has 0 aliphatic carbocycles. The minimum absolute atomic E-state index is 0.108. The van der Waals surface area contributed by atoms with Crippen LogP contribution in [-0.4, -0.2) is 19.0 Å². The van der Waals surface area contributed by atoms with Gasteiger partial charge in [0, 0.05) is 15.4 Å². The average Bonchev–Trinajstić information content (AvgIpc) is 3.19. The lowest BCUT2D eigenvalue weighted by Crippen LogP contribution is -2.04. The van der Waals surface area contributed by atoms with Crippen LogP contribution >= 0.6 is 57.7 Å². The molecular formula is C19H9Cl4NO3S. The lowest BCUT2D eigenvalue weighted by molar-refractivity contribution is -0.129. The van der Waals surface area contributed by atoms with Gasteiger partial charge in [-0.3, -0.25) is 0 Å². The number of nitrogens with zero attached hydrogens (tertiary/aromatic N) is 1. The third kappa shape index (κ3) is 3.38. The molecule has 2 heterocycles. The second-order valence-corrected chi connectivity index (χ2v) is 8.33. The van der Waals surface area contributed by atoms with Crippen LogP contribution in [-0.2, 0) is 9.53 Å². The molecular weight excluding hydrogens is 464 g/mol. The molecule has 0 bridgehead atoms. The molecule has 0 amide bonds. The van der Waals surface area contributed by atoms with E-state index < -0.39 is 5.97 Å². The maximum absolute atomic E-state index is 12.3. The van der Waals surface area contributed by atoms with Gasteiger partial charge in [0.25, 0.3) is 0 Å². The number of hydrogen-bond acceptors (Lipinski definition) is 5. The second-order valence-electron chi connectivity index (χ2n) is 5.71. The van der Waals surface area contributed by atoms with Crippen molar-refractivity contribution >= 4 is 85.8 Å². The van der Waals surface area contributed by atoms with Crippen LogP contribution in [0.3, 0.4) is 0 Å². The summed E-state index contributed by atoms with van der Waals surface area (Å²) in [4.78, 5) is 17.1. The van der Waals surface area contributed by atoms with Gasteiger partial charge < -0.3 is 9.47 Å². The average molecular weight is 473 g/mol. The summed E-state index contributed by atoms with van der Waals surface area (Å²) in [6.07, 6.45) is 1.53. The molecule has 0 saturated carbocycles. The summed E-state index contributed by atoms with van der Waals surface area (Å²) >= 11 is 26.2. The fraction of sp³-hybridized carbons (Fsp3) is 0.0526. The summed E-state index contributed by atoms with van der Waals surface area (Å²) in [5, 5.41) is 2.46. The van der Waals surface area contributed by atoms with Gasteiger partial charge in [0.1, 0.15) is 15.6 Å². The lowest BCUT2D eigenvalue weighted by Gasteiger charge is -2.02. The van der Waals surface area contributed by atoms with Crippen molar-refractivity contribution in [2.24, 2.45) is 4.99 Å². The van der Waals surface area contributed by atoms with Gasteiger partial charge in [-0.2, -0.15) is 0 Å². The van der Waals surface area contributed by atoms with Crippen molar-refractivity contribution in [1.82, 2.24) is 0 Å². The highest BCUT2D eigenvalue weighted by molar-refractivity contribution is 7.22. The number of carbonyl (C=O) groups is 1. The van der Waals surface area contributed by atoms with E-state index in [1.54, 1.807) is 30.3 Å². The summed E-state index contributed by atoms with van der Waals surface area (Å²) in [6, 6.07) is 8.46. The van der Waals surface area contributed by atoms with Gasteiger partial charge in [0.15, 0.2) is 5.70 Å². The minimum atomic E-state index is -0.599. The molecule has 3 aromatic rings. The molecule has 4 nitrogen and oxygen atoms in total. The number of ether oxygens (including phenoxy) is 2. The van der Waals surface area contributed by atoms with E-state index in [1.807, 2.05) is 0 Å². The Balaban J connectivity index is 1.79. The minimum Gasteiger partial charge on any atom is -0.495 e. The Morgan fingerprint density at radius 3 is 2.61 bits per heavy atom. The number of thiophene rings is 1. The summed E-state index contributed by atoms with van der Waals surface area (Å²) in [5.41, 5.74) is 0.703. The number of aliphatic imine (C=N–C) groups is 1. The Morgan fingerprint density at radius 2 is 1.89 bits per heavy atom. The van der Waals surface area contributed by atoms with E-state index in [4.69, 9.17) is 55.9 Å². The van der Waals surface area contributed by atoms with Crippen molar-refractivity contribution in [3.05, 3.63) is 66.6 Å². The molecule has 28 heavy (non-hydrogen) atoms. The van der Waals surface area contributed by atoms with E-state index in [2.05, 4.69) is 4.99 Å². The van der Waals surface area contributed by atoms with Gasteiger partial charge in [0.05, 0.1) is 16.8 Å². The van der Waals surface area contributed by atoms with Gasteiger partial charge in [-0.15, -0.1) is 11.3 Å². The van der Waals surface area contributed by atoms with Crippen molar-refractivity contribution in [3.8, 4) is 5.75 Å². The first-order chi connectivity index (χ1) is 13.4. The van der Waals surface area contributed by atoms with Crippen molar-refractivity contribution in [2.75, 3.05) is 7.11 Å². The maximum atomic E-state index is 12.3. The third-order valence-corrected chi connectivity index (χ3v) is 6.76. The van der Waals surface area contributed by atoms with Gasteiger partial charge in [-0.05, 0) is 35.9 Å². The van der Waals surface area contributed by atoms with Crippen LogP contribution in [0.4, 0.5) is 0 Å². The van der Waals surface area contributed by atoms with Crippen LogP contribution in [0.1, 0.15) is 10.4 Å². The molecule has 0 unspecified atom stereocenters. The summed E-state index contributed by atoms with van der Waals surface area (Å²) in [7, 11) is 1.53. The van der Waals surface area contributed by atoms with Crippen molar-refractivity contribution in [1.29, 1.82) is 0 Å². The number of esters is 1. The number of rotatable bonds is 3. The molecule has 9 heteroatoms. The molecule has 4 rings (SSSR count). The molecule has 1 aliphatic heterocycles. The predicted molar refractivity (Wildman–Crippen MR) is 115 cm³/mol. The number of benzene rings is 2. The molecule has 142 valence electrons. The first-order valence-electron chi connectivity index (χ1n) is 7.81. The van der Waals surface area contributed by atoms with E-state index in [-0.39, 0.29) is 11.6 Å². The Morgan fingerprint density at radius 1 is 1.11 bits per heavy atom. The van der Waals surface area contributed by atoms with E-state index >= 15 is 0 Å². The van der Waals surface area contributed by atoms with E-state index in [1.165, 1.54) is 24.5 Å². The highest BCUT2D eigenvalue weighted by Crippen LogP contribution is 2.44. The zero-order chi connectivity index (χ0) is 20.0. The van der Waals surface area contributed by atoms with Crippen LogP contribution in [0.5, 0.6) is 5.75 Å². The molecule has 0 fully saturated rings. The first-order valence-corrected chi connectivity index (χ1v) is 10.1. The Labute approximate surface area is 183 Å². The van der Waals surface area contributed by atoms with Gasteiger partial charge in [-0.25, -0.2) is 9.79 Å². The number of methoxy groups -OCH3 is 1. The molecule has 0 spiro atoms. The molecule has 0 N–H and O–H groups in total.